The van der Waals surface area contributed by atoms with Crippen LogP contribution >= 0.6 is 24.0 Å². The van der Waals surface area contributed by atoms with Crippen molar-refractivity contribution in [2.75, 3.05) is 6.54 Å². The maximum Gasteiger partial charge on any atom is 0.416 e. The molecule has 0 spiro atoms. The van der Waals surface area contributed by atoms with Gasteiger partial charge in [0.2, 0.25) is 0 Å². The molecule has 0 unspecified atom stereocenters. The SMILES string of the molecule is O=C(O)CN1C(=O)C(=Cc2occc2-c2cccc(C(F)(F)F)c2)SC1=S. The Morgan fingerprint density at radius 1 is 1.33 bits per heavy atom. The second kappa shape index (κ2) is 7.20. The predicted octanol–water partition coefficient (Wildman–Crippen LogP) is 4.25. The molecule has 1 aliphatic rings. The van der Waals surface area contributed by atoms with Crippen molar-refractivity contribution >= 4 is 46.3 Å². The summed E-state index contributed by atoms with van der Waals surface area (Å²) in [5.41, 5.74) is -0.171. The quantitative estimate of drug-likeness (QED) is 0.597. The van der Waals surface area contributed by atoms with E-state index in [1.165, 1.54) is 30.5 Å². The summed E-state index contributed by atoms with van der Waals surface area (Å²) in [6, 6.07) is 6.20. The molecule has 1 aromatic carbocycles. The van der Waals surface area contributed by atoms with Crippen LogP contribution in [0.5, 0.6) is 0 Å². The number of furan rings is 1. The van der Waals surface area contributed by atoms with Gasteiger partial charge in [0.05, 0.1) is 16.7 Å². The van der Waals surface area contributed by atoms with Crippen LogP contribution < -0.4 is 0 Å². The van der Waals surface area contributed by atoms with E-state index in [1.54, 1.807) is 0 Å². The molecule has 1 N–H and O–H groups in total. The fourth-order valence-electron chi connectivity index (χ4n) is 2.42. The molecule has 0 atom stereocenters. The highest BCUT2D eigenvalue weighted by Gasteiger charge is 2.34. The molecule has 5 nitrogen and oxygen atoms in total. The summed E-state index contributed by atoms with van der Waals surface area (Å²) in [5.74, 6) is -1.64. The third-order valence-electron chi connectivity index (χ3n) is 3.63. The van der Waals surface area contributed by atoms with Crippen molar-refractivity contribution in [1.29, 1.82) is 0 Å². The zero-order chi connectivity index (χ0) is 19.8. The van der Waals surface area contributed by atoms with Crippen molar-refractivity contribution in [2.24, 2.45) is 0 Å². The number of aliphatic carboxylic acids is 1. The topological polar surface area (TPSA) is 70.8 Å². The summed E-state index contributed by atoms with van der Waals surface area (Å²) < 4.78 is 44.2. The first-order valence-electron chi connectivity index (χ1n) is 7.39. The molecule has 140 valence electrons. The second-order valence-corrected chi connectivity index (χ2v) is 7.11. The van der Waals surface area contributed by atoms with Crippen molar-refractivity contribution < 1.29 is 32.3 Å². The van der Waals surface area contributed by atoms with Crippen LogP contribution in [0.1, 0.15) is 11.3 Å². The van der Waals surface area contributed by atoms with Gasteiger partial charge in [-0.2, -0.15) is 13.2 Å². The lowest BCUT2D eigenvalue weighted by atomic mass is 10.0. The van der Waals surface area contributed by atoms with Gasteiger partial charge < -0.3 is 9.52 Å². The molecule has 2 heterocycles. The molecule has 0 saturated carbocycles. The average molecular weight is 413 g/mol. The number of carbonyl (C=O) groups is 2. The maximum atomic E-state index is 12.9. The van der Waals surface area contributed by atoms with E-state index in [-0.39, 0.29) is 20.5 Å². The molecule has 3 rings (SSSR count). The van der Waals surface area contributed by atoms with Gasteiger partial charge in [-0.1, -0.05) is 36.1 Å². The summed E-state index contributed by atoms with van der Waals surface area (Å²) in [6.07, 6.45) is -1.85. The van der Waals surface area contributed by atoms with E-state index in [0.717, 1.165) is 28.8 Å². The molecule has 0 radical (unpaired) electrons. The lowest BCUT2D eigenvalue weighted by molar-refractivity contribution is -0.140. The standard InChI is InChI=1S/C17H10F3NO4S2/c18-17(19,20)10-3-1-2-9(6-10)11-4-5-25-12(11)7-13-15(24)21(8-14(22)23)16(26)27-13/h1-7H,8H2,(H,22,23). The zero-order valence-electron chi connectivity index (χ0n) is 13.3. The Bertz CT molecular complexity index is 965. The third-order valence-corrected chi connectivity index (χ3v) is 5.00. The molecular weight excluding hydrogens is 403 g/mol. The van der Waals surface area contributed by atoms with Crippen LogP contribution in [0, 0.1) is 0 Å². The fourth-order valence-corrected chi connectivity index (χ4v) is 3.65. The van der Waals surface area contributed by atoms with Crippen molar-refractivity contribution in [1.82, 2.24) is 4.90 Å². The Morgan fingerprint density at radius 3 is 2.74 bits per heavy atom. The Morgan fingerprint density at radius 2 is 2.07 bits per heavy atom. The van der Waals surface area contributed by atoms with Gasteiger partial charge >= 0.3 is 12.1 Å². The number of thioether (sulfide) groups is 1. The Labute approximate surface area is 160 Å². The summed E-state index contributed by atoms with van der Waals surface area (Å²) in [6.45, 7) is -0.569. The van der Waals surface area contributed by atoms with Gasteiger partial charge in [0.15, 0.2) is 0 Å². The zero-order valence-corrected chi connectivity index (χ0v) is 15.0. The minimum atomic E-state index is -4.49. The first kappa shape index (κ1) is 19.2. The predicted molar refractivity (Wildman–Crippen MR) is 96.7 cm³/mol. The number of thiocarbonyl (C=S) groups is 1. The minimum Gasteiger partial charge on any atom is -0.480 e. The average Bonchev–Trinajstić information content (AvgIpc) is 3.14. The number of halogens is 3. The summed E-state index contributed by atoms with van der Waals surface area (Å²) in [7, 11) is 0. The fraction of sp³-hybridized carbons (Fsp3) is 0.118. The maximum absolute atomic E-state index is 12.9. The van der Waals surface area contributed by atoms with Crippen LogP contribution in [0.15, 0.2) is 45.9 Å². The van der Waals surface area contributed by atoms with Crippen LogP contribution in [-0.4, -0.2) is 32.7 Å². The molecule has 2 aromatic rings. The number of nitrogens with zero attached hydrogens (tertiary/aromatic N) is 1. The molecule has 1 aliphatic heterocycles. The Hall–Kier alpha value is -2.59. The molecular formula is C17H10F3NO4S2. The van der Waals surface area contributed by atoms with Crippen LogP contribution in [0.4, 0.5) is 13.2 Å². The van der Waals surface area contributed by atoms with E-state index in [1.807, 2.05) is 0 Å². The highest BCUT2D eigenvalue weighted by Crippen LogP contribution is 2.37. The lowest BCUT2D eigenvalue weighted by Crippen LogP contribution is -2.33. The molecule has 1 fully saturated rings. The number of carboxylic acid groups (broad SMARTS) is 1. The Balaban J connectivity index is 1.95. The molecule has 1 saturated heterocycles. The number of amides is 1. The highest BCUT2D eigenvalue weighted by molar-refractivity contribution is 8.26. The van der Waals surface area contributed by atoms with Gasteiger partial charge in [-0.25, -0.2) is 0 Å². The number of alkyl halides is 3. The number of hydrogen-bond donors (Lipinski definition) is 1. The smallest absolute Gasteiger partial charge is 0.416 e. The van der Waals surface area contributed by atoms with Gasteiger partial charge in [0, 0.05) is 11.6 Å². The molecule has 10 heteroatoms. The van der Waals surface area contributed by atoms with Crippen LogP contribution in [0.25, 0.3) is 17.2 Å². The van der Waals surface area contributed by atoms with E-state index < -0.39 is 30.2 Å². The normalized spacial score (nSPS) is 16.4. The van der Waals surface area contributed by atoms with Crippen molar-refractivity contribution in [3.63, 3.8) is 0 Å². The summed E-state index contributed by atoms with van der Waals surface area (Å²) in [5, 5.41) is 8.84. The van der Waals surface area contributed by atoms with Crippen LogP contribution in [0.2, 0.25) is 0 Å². The third kappa shape index (κ3) is 4.06. The van der Waals surface area contributed by atoms with E-state index in [4.69, 9.17) is 21.7 Å². The van der Waals surface area contributed by atoms with Crippen molar-refractivity contribution in [3.05, 3.63) is 52.8 Å². The van der Waals surface area contributed by atoms with E-state index in [2.05, 4.69) is 0 Å². The van der Waals surface area contributed by atoms with Crippen LogP contribution in [0.3, 0.4) is 0 Å². The molecule has 1 aromatic heterocycles. The van der Waals surface area contributed by atoms with Gasteiger partial charge in [0.25, 0.3) is 5.91 Å². The van der Waals surface area contributed by atoms with Gasteiger partial charge in [-0.3, -0.25) is 14.5 Å². The number of hydrogen-bond acceptors (Lipinski definition) is 5. The largest absolute Gasteiger partial charge is 0.480 e. The first-order valence-corrected chi connectivity index (χ1v) is 8.61. The molecule has 27 heavy (non-hydrogen) atoms. The van der Waals surface area contributed by atoms with Gasteiger partial charge in [0.1, 0.15) is 16.6 Å². The number of rotatable bonds is 4. The number of carbonyl (C=O) groups excluding carboxylic acids is 1. The number of benzene rings is 1. The van der Waals surface area contributed by atoms with Crippen molar-refractivity contribution in [2.45, 2.75) is 6.18 Å². The van der Waals surface area contributed by atoms with Crippen molar-refractivity contribution in [3.8, 4) is 11.1 Å². The van der Waals surface area contributed by atoms with Gasteiger partial charge in [-0.05, 0) is 23.8 Å². The monoisotopic (exact) mass is 413 g/mol. The van der Waals surface area contributed by atoms with Gasteiger partial charge in [-0.15, -0.1) is 0 Å². The second-order valence-electron chi connectivity index (χ2n) is 5.44. The highest BCUT2D eigenvalue weighted by atomic mass is 32.2. The lowest BCUT2D eigenvalue weighted by Gasteiger charge is -2.10. The van der Waals surface area contributed by atoms with E-state index in [9.17, 15) is 22.8 Å². The number of carboxylic acids is 1. The van der Waals surface area contributed by atoms with Crippen LogP contribution in [-0.2, 0) is 15.8 Å². The minimum absolute atomic E-state index is 0.0841. The summed E-state index contributed by atoms with van der Waals surface area (Å²) >= 11 is 5.90. The van der Waals surface area contributed by atoms with E-state index >= 15 is 0 Å². The molecule has 0 bridgehead atoms. The molecule has 1 amide bonds. The van der Waals surface area contributed by atoms with E-state index in [0.29, 0.717) is 5.56 Å². The first-order chi connectivity index (χ1) is 12.7. The summed E-state index contributed by atoms with van der Waals surface area (Å²) in [4.78, 5) is 24.2. The Kier molecular flexibility index (Phi) is 5.11. The molecule has 0 aliphatic carbocycles.